The van der Waals surface area contributed by atoms with Crippen molar-refractivity contribution in [1.82, 2.24) is 5.43 Å². The Morgan fingerprint density at radius 3 is 2.46 bits per heavy atom. The van der Waals surface area contributed by atoms with Gasteiger partial charge in [0.15, 0.2) is 6.61 Å². The van der Waals surface area contributed by atoms with E-state index in [2.05, 4.69) is 10.5 Å². The van der Waals surface area contributed by atoms with Gasteiger partial charge in [-0.3, -0.25) is 4.79 Å². The number of nitrogens with one attached hydrogen (secondary N) is 1. The summed E-state index contributed by atoms with van der Waals surface area (Å²) in [5, 5.41) is 6.46. The number of nitrogens with zero attached hydrogens (tertiary/aromatic N) is 1. The van der Waals surface area contributed by atoms with Gasteiger partial charge in [0.25, 0.3) is 5.91 Å². The molecule has 26 heavy (non-hydrogen) atoms. The molecule has 0 aliphatic rings. The van der Waals surface area contributed by atoms with E-state index >= 15 is 0 Å². The Bertz CT molecular complexity index is 930. The molecule has 1 amide bonds. The zero-order valence-corrected chi connectivity index (χ0v) is 15.0. The number of carbonyl (C=O) groups is 1. The minimum atomic E-state index is -0.281. The van der Waals surface area contributed by atoms with Crippen molar-refractivity contribution in [3.05, 3.63) is 77.9 Å². The van der Waals surface area contributed by atoms with Crippen LogP contribution in [-0.4, -0.2) is 18.2 Å². The van der Waals surface area contributed by atoms with Crippen LogP contribution in [0, 0.1) is 6.92 Å². The highest BCUT2D eigenvalue weighted by Gasteiger charge is 2.05. The molecular formula is C22H22N2O2. The van der Waals surface area contributed by atoms with Crippen LogP contribution in [0.1, 0.15) is 24.5 Å². The van der Waals surface area contributed by atoms with Gasteiger partial charge in [-0.05, 0) is 41.8 Å². The van der Waals surface area contributed by atoms with Gasteiger partial charge < -0.3 is 4.74 Å². The fourth-order valence-corrected chi connectivity index (χ4v) is 2.66. The van der Waals surface area contributed by atoms with Crippen LogP contribution in [0.15, 0.2) is 71.8 Å². The fourth-order valence-electron chi connectivity index (χ4n) is 2.66. The van der Waals surface area contributed by atoms with Crippen LogP contribution in [0.5, 0.6) is 5.75 Å². The number of benzene rings is 3. The average Bonchev–Trinajstić information content (AvgIpc) is 2.68. The first kappa shape index (κ1) is 17.7. The summed E-state index contributed by atoms with van der Waals surface area (Å²) in [4.78, 5) is 12.0. The zero-order chi connectivity index (χ0) is 18.4. The lowest BCUT2D eigenvalue weighted by Crippen LogP contribution is -2.26. The Hall–Kier alpha value is -3.14. The number of ether oxygens (including phenoxy) is 1. The molecule has 1 N–H and O–H groups in total. The molecule has 0 aliphatic heterocycles. The van der Waals surface area contributed by atoms with E-state index in [1.165, 1.54) is 5.56 Å². The van der Waals surface area contributed by atoms with Crippen LogP contribution in [-0.2, 0) is 4.79 Å². The third-order valence-corrected chi connectivity index (χ3v) is 4.13. The van der Waals surface area contributed by atoms with Crippen molar-refractivity contribution < 1.29 is 9.53 Å². The van der Waals surface area contributed by atoms with Gasteiger partial charge in [-0.15, -0.1) is 0 Å². The van der Waals surface area contributed by atoms with Crippen molar-refractivity contribution in [1.29, 1.82) is 0 Å². The lowest BCUT2D eigenvalue weighted by Gasteiger charge is -2.08. The average molecular weight is 346 g/mol. The Labute approximate surface area is 153 Å². The first-order valence-corrected chi connectivity index (χ1v) is 8.70. The number of amides is 1. The summed E-state index contributed by atoms with van der Waals surface area (Å²) in [5.74, 6) is 0.383. The molecule has 3 aromatic carbocycles. The van der Waals surface area contributed by atoms with Gasteiger partial charge in [-0.2, -0.15) is 5.10 Å². The number of fused-ring (bicyclic) bond motifs is 1. The second-order valence-corrected chi connectivity index (χ2v) is 6.11. The van der Waals surface area contributed by atoms with E-state index in [9.17, 15) is 4.79 Å². The molecule has 0 saturated heterocycles. The second kappa shape index (κ2) is 8.30. The zero-order valence-electron chi connectivity index (χ0n) is 15.0. The molecule has 0 aromatic heterocycles. The number of hydrogen-bond acceptors (Lipinski definition) is 3. The maximum Gasteiger partial charge on any atom is 0.277 e. The molecule has 0 radical (unpaired) electrons. The normalized spacial score (nSPS) is 11.4. The summed E-state index contributed by atoms with van der Waals surface area (Å²) in [6.45, 7) is 3.97. The van der Waals surface area contributed by atoms with Crippen molar-refractivity contribution in [2.24, 2.45) is 5.10 Å². The van der Waals surface area contributed by atoms with Crippen molar-refractivity contribution in [3.63, 3.8) is 0 Å². The number of hydrogen-bond donors (Lipinski definition) is 1. The lowest BCUT2D eigenvalue weighted by atomic mass is 10.1. The largest absolute Gasteiger partial charge is 0.484 e. The fraction of sp³-hybridized carbons (Fsp3) is 0.182. The third kappa shape index (κ3) is 4.48. The van der Waals surface area contributed by atoms with Crippen LogP contribution in [0.3, 0.4) is 0 Å². The summed E-state index contributed by atoms with van der Waals surface area (Å²) in [6, 6.07) is 21.9. The number of rotatable bonds is 6. The smallest absolute Gasteiger partial charge is 0.277 e. The maximum atomic E-state index is 12.0. The Morgan fingerprint density at radius 2 is 1.73 bits per heavy atom. The molecule has 4 heteroatoms. The van der Waals surface area contributed by atoms with Crippen LogP contribution in [0.4, 0.5) is 0 Å². The van der Waals surface area contributed by atoms with Gasteiger partial charge >= 0.3 is 0 Å². The predicted molar refractivity (Wildman–Crippen MR) is 106 cm³/mol. The summed E-state index contributed by atoms with van der Waals surface area (Å²) >= 11 is 0. The van der Waals surface area contributed by atoms with Gasteiger partial charge in [0.05, 0.1) is 5.71 Å². The van der Waals surface area contributed by atoms with E-state index in [1.54, 1.807) is 0 Å². The highest BCUT2D eigenvalue weighted by Crippen LogP contribution is 2.20. The molecule has 0 heterocycles. The molecule has 4 nitrogen and oxygen atoms in total. The van der Waals surface area contributed by atoms with Gasteiger partial charge in [0.1, 0.15) is 5.75 Å². The van der Waals surface area contributed by atoms with E-state index < -0.39 is 0 Å². The Balaban J connectivity index is 1.59. The second-order valence-electron chi connectivity index (χ2n) is 6.11. The molecule has 0 bridgehead atoms. The van der Waals surface area contributed by atoms with Crippen molar-refractivity contribution in [2.45, 2.75) is 20.3 Å². The van der Waals surface area contributed by atoms with Gasteiger partial charge in [0, 0.05) is 0 Å². The van der Waals surface area contributed by atoms with Crippen molar-refractivity contribution in [2.75, 3.05) is 6.61 Å². The molecule has 0 spiro atoms. The molecule has 0 aliphatic carbocycles. The van der Waals surface area contributed by atoms with E-state index in [0.29, 0.717) is 5.75 Å². The molecule has 0 atom stereocenters. The minimum absolute atomic E-state index is 0.0767. The summed E-state index contributed by atoms with van der Waals surface area (Å²) < 4.78 is 5.58. The van der Waals surface area contributed by atoms with Gasteiger partial charge in [0.2, 0.25) is 0 Å². The predicted octanol–water partition coefficient (Wildman–Crippen LogP) is 4.46. The first-order chi connectivity index (χ1) is 12.7. The van der Waals surface area contributed by atoms with Gasteiger partial charge in [-0.1, -0.05) is 67.1 Å². The topological polar surface area (TPSA) is 50.7 Å². The van der Waals surface area contributed by atoms with Crippen LogP contribution in [0.2, 0.25) is 0 Å². The van der Waals surface area contributed by atoms with Crippen molar-refractivity contribution in [3.8, 4) is 5.75 Å². The van der Waals surface area contributed by atoms with Gasteiger partial charge in [-0.25, -0.2) is 5.43 Å². The number of carbonyl (C=O) groups excluding carboxylic acids is 1. The summed E-state index contributed by atoms with van der Waals surface area (Å²) in [7, 11) is 0. The van der Waals surface area contributed by atoms with Crippen LogP contribution in [0.25, 0.3) is 10.8 Å². The number of hydrazone groups is 1. The first-order valence-electron chi connectivity index (χ1n) is 8.70. The third-order valence-electron chi connectivity index (χ3n) is 4.13. The maximum absolute atomic E-state index is 12.0. The van der Waals surface area contributed by atoms with E-state index in [4.69, 9.17) is 4.74 Å². The highest BCUT2D eigenvalue weighted by atomic mass is 16.5. The molecule has 0 unspecified atom stereocenters. The molecule has 132 valence electrons. The minimum Gasteiger partial charge on any atom is -0.484 e. The summed E-state index contributed by atoms with van der Waals surface area (Å²) in [6.07, 6.45) is 0.731. The highest BCUT2D eigenvalue weighted by molar-refractivity contribution is 6.01. The Morgan fingerprint density at radius 1 is 1.00 bits per heavy atom. The monoisotopic (exact) mass is 346 g/mol. The lowest BCUT2D eigenvalue weighted by molar-refractivity contribution is -0.123. The van der Waals surface area contributed by atoms with E-state index in [0.717, 1.165) is 28.5 Å². The molecular weight excluding hydrogens is 324 g/mol. The standard InChI is InChI=1S/C22H22N2O2/c1-3-21(18-10-8-16(2)9-11-18)23-24-22(25)15-26-20-13-12-17-6-4-5-7-19(17)14-20/h4-14H,3,15H2,1-2H3,(H,24,25). The van der Waals surface area contributed by atoms with Crippen molar-refractivity contribution >= 4 is 22.4 Å². The quantitative estimate of drug-likeness (QED) is 0.529. The van der Waals surface area contributed by atoms with Crippen LogP contribution >= 0.6 is 0 Å². The molecule has 0 fully saturated rings. The number of aryl methyl sites for hydroxylation is 1. The SMILES string of the molecule is CCC(=NNC(=O)COc1ccc2ccccc2c1)c1ccc(C)cc1. The summed E-state index contributed by atoms with van der Waals surface area (Å²) in [5.41, 5.74) is 5.62. The van der Waals surface area contributed by atoms with E-state index in [-0.39, 0.29) is 12.5 Å². The molecule has 3 aromatic rings. The van der Waals surface area contributed by atoms with E-state index in [1.807, 2.05) is 80.6 Å². The van der Waals surface area contributed by atoms with Crippen LogP contribution < -0.4 is 10.2 Å². The molecule has 0 saturated carbocycles. The Kier molecular flexibility index (Phi) is 5.64. The molecule has 3 rings (SSSR count).